The van der Waals surface area contributed by atoms with Crippen LogP contribution in [0.15, 0.2) is 39.8 Å². The molecule has 4 heteroatoms. The molecule has 0 saturated heterocycles. The van der Waals surface area contributed by atoms with E-state index < -0.39 is 0 Å². The lowest BCUT2D eigenvalue weighted by atomic mass is 10.1. The fourth-order valence-corrected chi connectivity index (χ4v) is 2.40. The third-order valence-corrected chi connectivity index (χ3v) is 3.67. The maximum Gasteiger partial charge on any atom is 0.172 e. The highest BCUT2D eigenvalue weighted by atomic mass is 79.9. The van der Waals surface area contributed by atoms with Gasteiger partial charge in [0, 0.05) is 6.21 Å². The Kier molecular flexibility index (Phi) is 5.02. The van der Waals surface area contributed by atoms with Crippen LogP contribution in [0.25, 0.3) is 0 Å². The predicted octanol–water partition coefficient (Wildman–Crippen LogP) is 4.92. The molecular weight excluding hydrogens is 330 g/mol. The van der Waals surface area contributed by atoms with Crippen molar-refractivity contribution >= 4 is 27.8 Å². The van der Waals surface area contributed by atoms with Gasteiger partial charge in [0.15, 0.2) is 11.5 Å². The van der Waals surface area contributed by atoms with Crippen LogP contribution >= 0.6 is 15.9 Å². The highest BCUT2D eigenvalue weighted by Crippen LogP contribution is 2.35. The Balaban J connectivity index is 2.34. The van der Waals surface area contributed by atoms with Crippen molar-refractivity contribution in [2.75, 3.05) is 6.61 Å². The van der Waals surface area contributed by atoms with Crippen LogP contribution in [0.2, 0.25) is 0 Å². The van der Waals surface area contributed by atoms with E-state index in [4.69, 9.17) is 4.74 Å². The normalized spacial score (nSPS) is 11.0. The number of benzene rings is 2. The molecule has 0 unspecified atom stereocenters. The molecule has 0 spiro atoms. The summed E-state index contributed by atoms with van der Waals surface area (Å²) in [6.45, 7) is 6.45. The third kappa shape index (κ3) is 3.85. The van der Waals surface area contributed by atoms with E-state index in [9.17, 15) is 5.11 Å². The van der Waals surface area contributed by atoms with Gasteiger partial charge in [-0.15, -0.1) is 0 Å². The van der Waals surface area contributed by atoms with Crippen molar-refractivity contribution in [2.45, 2.75) is 20.8 Å². The molecule has 0 bridgehead atoms. The van der Waals surface area contributed by atoms with Gasteiger partial charge in [0.1, 0.15) is 0 Å². The predicted molar refractivity (Wildman–Crippen MR) is 90.1 cm³/mol. The molecule has 0 aromatic heterocycles. The summed E-state index contributed by atoms with van der Waals surface area (Å²) in [6, 6.07) is 9.76. The summed E-state index contributed by atoms with van der Waals surface area (Å²) < 4.78 is 6.00. The second kappa shape index (κ2) is 6.76. The zero-order valence-electron chi connectivity index (χ0n) is 12.4. The van der Waals surface area contributed by atoms with Crippen LogP contribution in [-0.4, -0.2) is 17.9 Å². The fourth-order valence-electron chi connectivity index (χ4n) is 1.94. The van der Waals surface area contributed by atoms with Gasteiger partial charge in [-0.05, 0) is 71.6 Å². The van der Waals surface area contributed by atoms with E-state index in [1.807, 2.05) is 32.9 Å². The van der Waals surface area contributed by atoms with Gasteiger partial charge in [0.05, 0.1) is 16.8 Å². The molecule has 21 heavy (non-hydrogen) atoms. The van der Waals surface area contributed by atoms with Gasteiger partial charge in [-0.25, -0.2) is 0 Å². The first-order valence-electron chi connectivity index (χ1n) is 6.78. The molecule has 2 aromatic rings. The first-order valence-corrected chi connectivity index (χ1v) is 7.57. The number of hydrogen-bond donors (Lipinski definition) is 1. The highest BCUT2D eigenvalue weighted by molar-refractivity contribution is 9.10. The lowest BCUT2D eigenvalue weighted by Gasteiger charge is -2.08. The lowest BCUT2D eigenvalue weighted by Crippen LogP contribution is -1.94. The number of halogens is 1. The maximum atomic E-state index is 9.90. The van der Waals surface area contributed by atoms with Gasteiger partial charge in [0.25, 0.3) is 0 Å². The van der Waals surface area contributed by atoms with Gasteiger partial charge in [-0.2, -0.15) is 0 Å². The van der Waals surface area contributed by atoms with E-state index in [1.54, 1.807) is 12.3 Å². The summed E-state index contributed by atoms with van der Waals surface area (Å²) >= 11 is 3.33. The highest BCUT2D eigenvalue weighted by Gasteiger charge is 2.08. The van der Waals surface area contributed by atoms with Crippen molar-refractivity contribution in [2.24, 2.45) is 4.99 Å². The number of hydrogen-bond acceptors (Lipinski definition) is 3. The second-order valence-corrected chi connectivity index (χ2v) is 5.68. The first-order chi connectivity index (χ1) is 10.0. The molecule has 0 aliphatic heterocycles. The average molecular weight is 348 g/mol. The standard InChI is InChI=1S/C17H18BrNO2/c1-4-21-16-9-13(8-14(18)17(16)20)10-19-15-7-11(2)5-6-12(15)3/h5-10,20H,4H2,1-3H3. The number of phenolic OH excluding ortho intramolecular Hbond substituents is 1. The molecule has 110 valence electrons. The summed E-state index contributed by atoms with van der Waals surface area (Å²) in [5.41, 5.74) is 4.11. The van der Waals surface area contributed by atoms with Crippen molar-refractivity contribution in [1.29, 1.82) is 0 Å². The molecule has 0 saturated carbocycles. The van der Waals surface area contributed by atoms with E-state index in [-0.39, 0.29) is 5.75 Å². The Hall–Kier alpha value is -1.81. The van der Waals surface area contributed by atoms with Gasteiger partial charge < -0.3 is 9.84 Å². The first kappa shape index (κ1) is 15.6. The van der Waals surface area contributed by atoms with Crippen LogP contribution in [0.3, 0.4) is 0 Å². The lowest BCUT2D eigenvalue weighted by molar-refractivity contribution is 0.317. The minimum atomic E-state index is 0.112. The molecular formula is C17H18BrNO2. The molecule has 3 nitrogen and oxygen atoms in total. The van der Waals surface area contributed by atoms with Crippen molar-refractivity contribution in [3.8, 4) is 11.5 Å². The monoisotopic (exact) mass is 347 g/mol. The number of phenols is 1. The SMILES string of the molecule is CCOc1cc(C=Nc2cc(C)ccc2C)cc(Br)c1O. The zero-order valence-corrected chi connectivity index (χ0v) is 13.9. The summed E-state index contributed by atoms with van der Waals surface area (Å²) in [5, 5.41) is 9.90. The largest absolute Gasteiger partial charge is 0.503 e. The van der Waals surface area contributed by atoms with Crippen LogP contribution < -0.4 is 4.74 Å². The quantitative estimate of drug-likeness (QED) is 0.797. The van der Waals surface area contributed by atoms with E-state index in [1.165, 1.54) is 5.56 Å². The maximum absolute atomic E-state index is 9.90. The Bertz CT molecular complexity index is 681. The van der Waals surface area contributed by atoms with Crippen LogP contribution in [0.4, 0.5) is 5.69 Å². The van der Waals surface area contributed by atoms with E-state index in [0.29, 0.717) is 16.8 Å². The molecule has 0 heterocycles. The molecule has 2 aromatic carbocycles. The van der Waals surface area contributed by atoms with Crippen molar-refractivity contribution < 1.29 is 9.84 Å². The van der Waals surface area contributed by atoms with Crippen molar-refractivity contribution in [3.05, 3.63) is 51.5 Å². The minimum Gasteiger partial charge on any atom is -0.503 e. The number of aliphatic imine (C=N–C) groups is 1. The Morgan fingerprint density at radius 1 is 1.24 bits per heavy atom. The number of rotatable bonds is 4. The molecule has 0 aliphatic carbocycles. The average Bonchev–Trinajstić information content (AvgIpc) is 2.45. The molecule has 0 amide bonds. The minimum absolute atomic E-state index is 0.112. The third-order valence-electron chi connectivity index (χ3n) is 3.07. The van der Waals surface area contributed by atoms with Gasteiger partial charge in [0.2, 0.25) is 0 Å². The molecule has 0 fully saturated rings. The van der Waals surface area contributed by atoms with Crippen LogP contribution in [-0.2, 0) is 0 Å². The summed E-state index contributed by atoms with van der Waals surface area (Å²) in [7, 11) is 0. The topological polar surface area (TPSA) is 41.8 Å². The number of nitrogens with zero attached hydrogens (tertiary/aromatic N) is 1. The molecule has 2 rings (SSSR count). The van der Waals surface area contributed by atoms with E-state index in [0.717, 1.165) is 16.8 Å². The second-order valence-electron chi connectivity index (χ2n) is 4.83. The van der Waals surface area contributed by atoms with E-state index in [2.05, 4.69) is 33.1 Å². The summed E-state index contributed by atoms with van der Waals surface area (Å²) in [4.78, 5) is 4.53. The van der Waals surface area contributed by atoms with Gasteiger partial charge in [-0.3, -0.25) is 4.99 Å². The summed E-state index contributed by atoms with van der Waals surface area (Å²) in [5.74, 6) is 0.565. The Morgan fingerprint density at radius 2 is 2.00 bits per heavy atom. The fraction of sp³-hybridized carbons (Fsp3) is 0.235. The molecule has 0 radical (unpaired) electrons. The van der Waals surface area contributed by atoms with Crippen molar-refractivity contribution in [1.82, 2.24) is 0 Å². The number of aryl methyl sites for hydroxylation is 2. The number of ether oxygens (including phenoxy) is 1. The van der Waals surface area contributed by atoms with Gasteiger partial charge >= 0.3 is 0 Å². The smallest absolute Gasteiger partial charge is 0.172 e. The molecule has 0 aliphatic rings. The van der Waals surface area contributed by atoms with Crippen LogP contribution in [0, 0.1) is 13.8 Å². The van der Waals surface area contributed by atoms with Crippen LogP contribution in [0.1, 0.15) is 23.6 Å². The van der Waals surface area contributed by atoms with Gasteiger partial charge in [-0.1, -0.05) is 12.1 Å². The zero-order chi connectivity index (χ0) is 15.4. The van der Waals surface area contributed by atoms with Crippen molar-refractivity contribution in [3.63, 3.8) is 0 Å². The molecule has 1 N–H and O–H groups in total. The van der Waals surface area contributed by atoms with Crippen LogP contribution in [0.5, 0.6) is 11.5 Å². The Morgan fingerprint density at radius 3 is 2.71 bits per heavy atom. The number of aromatic hydroxyl groups is 1. The Labute approximate surface area is 133 Å². The summed E-state index contributed by atoms with van der Waals surface area (Å²) in [6.07, 6.45) is 1.77. The van der Waals surface area contributed by atoms with E-state index >= 15 is 0 Å². The molecule has 0 atom stereocenters.